The maximum absolute atomic E-state index is 5.62. The number of hydrogen-bond acceptors (Lipinski definition) is 4. The summed E-state index contributed by atoms with van der Waals surface area (Å²) >= 11 is 0. The second-order valence-corrected chi connectivity index (χ2v) is 7.86. The highest BCUT2D eigenvalue weighted by Crippen LogP contribution is 2.48. The fourth-order valence-electron chi connectivity index (χ4n) is 5.47. The molecule has 4 fully saturated rings. The van der Waals surface area contributed by atoms with Crippen LogP contribution in [0.2, 0.25) is 0 Å². The third-order valence-corrected chi connectivity index (χ3v) is 6.52. The Kier molecular flexibility index (Phi) is 3.14. The van der Waals surface area contributed by atoms with Crippen LogP contribution in [0.4, 0.5) is 0 Å². The zero-order valence-electron chi connectivity index (χ0n) is 14.1. The van der Waals surface area contributed by atoms with E-state index in [4.69, 9.17) is 9.47 Å². The SMILES string of the molecule is CC(C)N1C[C@H](c2ccc3c(c2)OCO3)[C@H]2[C@@H]1C1CCN2CC1. The molecule has 0 aliphatic carbocycles. The summed E-state index contributed by atoms with van der Waals surface area (Å²) in [6, 6.07) is 8.65. The second-order valence-electron chi connectivity index (χ2n) is 7.86. The van der Waals surface area contributed by atoms with Crippen LogP contribution in [-0.2, 0) is 0 Å². The smallest absolute Gasteiger partial charge is 0.231 e. The van der Waals surface area contributed by atoms with Crippen LogP contribution in [0.1, 0.15) is 38.2 Å². The molecule has 5 heterocycles. The maximum Gasteiger partial charge on any atom is 0.231 e. The highest BCUT2D eigenvalue weighted by Gasteiger charge is 2.53. The normalized spacial score (nSPS) is 38.3. The monoisotopic (exact) mass is 314 g/mol. The standard InChI is InChI=1S/C19H26N2O2/c1-12(2)21-10-15(14-3-4-16-17(9-14)23-11-22-16)19-18(21)13-5-7-20(19)8-6-13/h3-4,9,12-13,15,18-19H,5-8,10-11H2,1-2H3/t15-,18+,19+/m1/s1. The third-order valence-electron chi connectivity index (χ3n) is 6.52. The number of benzene rings is 1. The molecule has 3 atom stereocenters. The second kappa shape index (κ2) is 5.12. The molecule has 124 valence electrons. The molecule has 5 aliphatic heterocycles. The molecule has 1 aromatic rings. The van der Waals surface area contributed by atoms with E-state index in [2.05, 4.69) is 41.8 Å². The molecule has 23 heavy (non-hydrogen) atoms. The van der Waals surface area contributed by atoms with Gasteiger partial charge in [0, 0.05) is 30.6 Å². The summed E-state index contributed by atoms with van der Waals surface area (Å²) in [6.07, 6.45) is 2.77. The van der Waals surface area contributed by atoms with Gasteiger partial charge in [-0.1, -0.05) is 6.07 Å². The maximum atomic E-state index is 5.62. The van der Waals surface area contributed by atoms with E-state index in [-0.39, 0.29) is 0 Å². The number of nitrogens with zero attached hydrogens (tertiary/aromatic N) is 2. The number of ether oxygens (including phenoxy) is 2. The molecule has 5 aliphatic rings. The van der Waals surface area contributed by atoms with Gasteiger partial charge in [-0.15, -0.1) is 0 Å². The quantitative estimate of drug-likeness (QED) is 0.838. The Hall–Kier alpha value is -1.26. The zero-order valence-corrected chi connectivity index (χ0v) is 14.1. The first-order valence-corrected chi connectivity index (χ1v) is 9.12. The number of fused-ring (bicyclic) bond motifs is 3. The van der Waals surface area contributed by atoms with Crippen LogP contribution >= 0.6 is 0 Å². The van der Waals surface area contributed by atoms with Gasteiger partial charge in [0.15, 0.2) is 11.5 Å². The van der Waals surface area contributed by atoms with E-state index in [1.807, 2.05) is 0 Å². The minimum Gasteiger partial charge on any atom is -0.454 e. The van der Waals surface area contributed by atoms with Gasteiger partial charge in [-0.3, -0.25) is 9.80 Å². The van der Waals surface area contributed by atoms with Gasteiger partial charge >= 0.3 is 0 Å². The van der Waals surface area contributed by atoms with Crippen molar-refractivity contribution in [3.8, 4) is 11.5 Å². The van der Waals surface area contributed by atoms with Crippen molar-refractivity contribution in [2.75, 3.05) is 26.4 Å². The van der Waals surface area contributed by atoms with Crippen molar-refractivity contribution in [3.63, 3.8) is 0 Å². The lowest BCUT2D eigenvalue weighted by atomic mass is 9.75. The van der Waals surface area contributed by atoms with Crippen LogP contribution in [0.3, 0.4) is 0 Å². The fourth-order valence-corrected chi connectivity index (χ4v) is 5.47. The van der Waals surface area contributed by atoms with Crippen LogP contribution in [0.5, 0.6) is 11.5 Å². The fraction of sp³-hybridized carbons (Fsp3) is 0.684. The Labute approximate surface area is 138 Å². The van der Waals surface area contributed by atoms with Gasteiger partial charge in [0.25, 0.3) is 0 Å². The van der Waals surface area contributed by atoms with Gasteiger partial charge in [-0.25, -0.2) is 0 Å². The molecule has 4 heteroatoms. The lowest BCUT2D eigenvalue weighted by Crippen LogP contribution is -2.60. The van der Waals surface area contributed by atoms with Crippen LogP contribution in [0.15, 0.2) is 18.2 Å². The summed E-state index contributed by atoms with van der Waals surface area (Å²) in [6.45, 7) is 8.84. The highest BCUT2D eigenvalue weighted by atomic mass is 16.7. The number of piperidine rings is 3. The molecule has 0 saturated carbocycles. The van der Waals surface area contributed by atoms with Crippen LogP contribution in [0, 0.1) is 5.92 Å². The van der Waals surface area contributed by atoms with E-state index < -0.39 is 0 Å². The number of hydrogen-bond donors (Lipinski definition) is 0. The molecule has 0 aromatic heterocycles. The highest BCUT2D eigenvalue weighted by molar-refractivity contribution is 5.46. The van der Waals surface area contributed by atoms with Gasteiger partial charge in [0.05, 0.1) is 0 Å². The Morgan fingerprint density at radius 1 is 1.04 bits per heavy atom. The van der Waals surface area contributed by atoms with Crippen LogP contribution in [0.25, 0.3) is 0 Å². The Balaban J connectivity index is 1.52. The Morgan fingerprint density at radius 2 is 1.83 bits per heavy atom. The molecule has 2 bridgehead atoms. The topological polar surface area (TPSA) is 24.9 Å². The molecule has 0 radical (unpaired) electrons. The van der Waals surface area contributed by atoms with E-state index in [9.17, 15) is 0 Å². The van der Waals surface area contributed by atoms with Crippen molar-refractivity contribution in [2.24, 2.45) is 5.92 Å². The molecule has 1 aromatic carbocycles. The van der Waals surface area contributed by atoms with Gasteiger partial charge in [0.1, 0.15) is 0 Å². The molecule has 6 rings (SSSR count). The molecule has 4 saturated heterocycles. The first-order chi connectivity index (χ1) is 11.2. The zero-order chi connectivity index (χ0) is 15.6. The van der Waals surface area contributed by atoms with Crippen molar-refractivity contribution in [1.29, 1.82) is 0 Å². The van der Waals surface area contributed by atoms with Gasteiger partial charge in [-0.2, -0.15) is 0 Å². The minimum atomic E-state index is 0.363. The summed E-state index contributed by atoms with van der Waals surface area (Å²) in [5.41, 5.74) is 1.43. The third kappa shape index (κ3) is 2.04. The van der Waals surface area contributed by atoms with E-state index in [0.717, 1.165) is 23.5 Å². The summed E-state index contributed by atoms with van der Waals surface area (Å²) in [5.74, 6) is 3.32. The first-order valence-electron chi connectivity index (χ1n) is 9.12. The summed E-state index contributed by atoms with van der Waals surface area (Å²) in [7, 11) is 0. The average molecular weight is 314 g/mol. The Morgan fingerprint density at radius 3 is 2.61 bits per heavy atom. The average Bonchev–Trinajstić information content (AvgIpc) is 3.20. The summed E-state index contributed by atoms with van der Waals surface area (Å²) in [5, 5.41) is 0. The molecule has 0 unspecified atom stereocenters. The van der Waals surface area contributed by atoms with Crippen LogP contribution < -0.4 is 9.47 Å². The lowest BCUT2D eigenvalue weighted by molar-refractivity contribution is -0.0145. The van der Waals surface area contributed by atoms with Gasteiger partial charge in [-0.05, 0) is 63.4 Å². The summed E-state index contributed by atoms with van der Waals surface area (Å²) in [4.78, 5) is 5.54. The lowest BCUT2D eigenvalue weighted by Gasteiger charge is -2.52. The molecule has 0 N–H and O–H groups in total. The van der Waals surface area contributed by atoms with Crippen molar-refractivity contribution in [3.05, 3.63) is 23.8 Å². The van der Waals surface area contributed by atoms with Gasteiger partial charge < -0.3 is 9.47 Å². The molecule has 4 nitrogen and oxygen atoms in total. The first kappa shape index (κ1) is 14.1. The van der Waals surface area contributed by atoms with E-state index >= 15 is 0 Å². The van der Waals surface area contributed by atoms with Gasteiger partial charge in [0.2, 0.25) is 6.79 Å². The van der Waals surface area contributed by atoms with Crippen LogP contribution in [-0.4, -0.2) is 54.4 Å². The Bertz CT molecular complexity index is 609. The molecular formula is C19H26N2O2. The van der Waals surface area contributed by atoms with Crippen molar-refractivity contribution < 1.29 is 9.47 Å². The van der Waals surface area contributed by atoms with E-state index in [1.165, 1.54) is 38.0 Å². The minimum absolute atomic E-state index is 0.363. The largest absolute Gasteiger partial charge is 0.454 e. The number of likely N-dealkylation sites (tertiary alicyclic amines) is 1. The number of rotatable bonds is 2. The van der Waals surface area contributed by atoms with E-state index in [1.54, 1.807) is 0 Å². The predicted molar refractivity (Wildman–Crippen MR) is 89.0 cm³/mol. The molecule has 0 spiro atoms. The predicted octanol–water partition coefficient (Wildman–Crippen LogP) is 2.69. The van der Waals surface area contributed by atoms with Crippen molar-refractivity contribution in [2.45, 2.75) is 50.7 Å². The molecular weight excluding hydrogens is 288 g/mol. The van der Waals surface area contributed by atoms with Crippen molar-refractivity contribution >= 4 is 0 Å². The summed E-state index contributed by atoms with van der Waals surface area (Å²) < 4.78 is 11.1. The van der Waals surface area contributed by atoms with Crippen molar-refractivity contribution in [1.82, 2.24) is 9.80 Å². The molecule has 0 amide bonds. The van der Waals surface area contributed by atoms with E-state index in [0.29, 0.717) is 24.8 Å².